The Morgan fingerprint density at radius 2 is 0.714 bits per heavy atom. The molecule has 3 aliphatic heterocycles. The van der Waals surface area contributed by atoms with E-state index in [1.807, 2.05) is 0 Å². The first kappa shape index (κ1) is 84.1. The van der Waals surface area contributed by atoms with Crippen LogP contribution in [0.4, 0.5) is 0 Å². The first-order valence-electron chi connectivity index (χ1n) is 32.8. The molecule has 0 aromatic heterocycles. The Bertz CT molecular complexity index is 2730. The lowest BCUT2D eigenvalue weighted by Gasteiger charge is -2.42. The molecule has 6 fully saturated rings. The maximum absolute atomic E-state index is 14.2. The maximum Gasteiger partial charge on any atom is 0.472 e. The summed E-state index contributed by atoms with van der Waals surface area (Å²) in [5.74, 6) is -8.26. The van der Waals surface area contributed by atoms with E-state index in [4.69, 9.17) is 51.0 Å². The van der Waals surface area contributed by atoms with E-state index in [0.29, 0.717) is 0 Å². The van der Waals surface area contributed by atoms with Gasteiger partial charge in [0.05, 0.1) is 58.0 Å². The monoisotopic (exact) mass is 1480 g/mol. The van der Waals surface area contributed by atoms with E-state index >= 15 is 0 Å². The van der Waals surface area contributed by atoms with E-state index in [-0.39, 0.29) is 122 Å². The Morgan fingerprint density at radius 1 is 0.418 bits per heavy atom. The number of carbonyl (C=O) groups excluding carboxylic acids is 6. The van der Waals surface area contributed by atoms with Crippen LogP contribution < -0.4 is 16.0 Å². The number of phosphoric ester groups is 3. The quantitative estimate of drug-likeness (QED) is 0.0219. The van der Waals surface area contributed by atoms with Crippen LogP contribution >= 0.6 is 23.5 Å². The van der Waals surface area contributed by atoms with Crippen LogP contribution in [0.5, 0.6) is 0 Å². The third-order valence-corrected chi connectivity index (χ3v) is 21.4. The van der Waals surface area contributed by atoms with Crippen molar-refractivity contribution < 1.29 is 164 Å². The second kappa shape index (κ2) is 39.3. The summed E-state index contributed by atoms with van der Waals surface area (Å²) in [4.78, 5) is 110. The van der Waals surface area contributed by atoms with Crippen molar-refractivity contribution in [2.75, 3.05) is 66.6 Å². The Labute approximate surface area is 565 Å². The lowest BCUT2D eigenvalue weighted by molar-refractivity contribution is -0.270. The van der Waals surface area contributed by atoms with Gasteiger partial charge >= 0.3 is 23.5 Å². The molecule has 3 amide bonds. The molecule has 0 spiro atoms. The van der Waals surface area contributed by atoms with Crippen LogP contribution in [0.25, 0.3) is 0 Å². The summed E-state index contributed by atoms with van der Waals surface area (Å²) in [6.45, 7) is -0.456. The number of phosphoric acid groups is 3. The fourth-order valence-electron chi connectivity index (χ4n) is 13.4. The molecule has 0 bridgehead atoms. The Morgan fingerprint density at radius 3 is 1.01 bits per heavy atom. The Balaban J connectivity index is 1.06. The summed E-state index contributed by atoms with van der Waals surface area (Å²) in [7, 11) is -13.9. The second-order valence-electron chi connectivity index (χ2n) is 25.8. The smallest absolute Gasteiger partial charge is 0.394 e. The van der Waals surface area contributed by atoms with Crippen LogP contribution in [-0.4, -0.2) is 278 Å². The normalized spacial score (nSPS) is 36.9. The van der Waals surface area contributed by atoms with Crippen molar-refractivity contribution in [1.29, 1.82) is 0 Å². The molecule has 0 aromatic rings. The molecule has 6 aliphatic rings. The fraction of sp³-hybridized carbons (Fsp3) is 0.897. The largest absolute Gasteiger partial charge is 0.472 e. The van der Waals surface area contributed by atoms with Crippen molar-refractivity contribution >= 4 is 58.5 Å². The summed E-state index contributed by atoms with van der Waals surface area (Å²) in [6, 6.07) is -3.62. The molecule has 12 unspecified atom stereocenters. The number of hydrogen-bond acceptors (Lipinski definition) is 31. The van der Waals surface area contributed by atoms with Gasteiger partial charge < -0.3 is 110 Å². The maximum atomic E-state index is 14.2. The van der Waals surface area contributed by atoms with E-state index in [0.717, 1.165) is 7.11 Å². The van der Waals surface area contributed by atoms with Crippen LogP contribution in [0.1, 0.15) is 117 Å². The number of aliphatic hydroxyl groups excluding tert-OH is 10. The van der Waals surface area contributed by atoms with Crippen molar-refractivity contribution in [3.05, 3.63) is 0 Å². The van der Waals surface area contributed by atoms with Crippen molar-refractivity contribution in [3.63, 3.8) is 0 Å². The summed E-state index contributed by atoms with van der Waals surface area (Å²) in [6.07, 6.45) is -20.1. The van der Waals surface area contributed by atoms with Gasteiger partial charge in [-0.25, -0.2) is 13.7 Å². The predicted molar refractivity (Wildman–Crippen MR) is 329 cm³/mol. The standard InChI is InChI=1S/C58H100N3O34P3/c1-29(65)59-47-53(75)50(72)44(23-62)91-56(47)85-14-8-5-11-41(69)38-20-35(68)17-32(38)26-89-97(80,81)94-37-19-34(40(22-37)43(71)13-7-10-16-87-58-49(61-31(3)67)55(77)52(74)46(25-64)93-58)28-90-98(82,83)95-36-18-33(27-88-96(78,79)84-4)39(21-36)42(70)12-6-9-15-86-57-48(60-30(2)66)54(76)51(73)45(24-63)92-57/h32-40,44-58,62-64,68,72-77H,5-28H2,1-4H3,(H,59,65)(H,60,66)(H,61,67)(H,78,79)(H,80,81)(H,82,83)/t32-,33-,34-,35+,36+,37+,38?,39?,40?,44?,45?,46?,47?,48?,49?,50-,51-,52-,53+,54+,55+,56+,57+,58+/m0/s1. The van der Waals surface area contributed by atoms with Crippen molar-refractivity contribution in [1.82, 2.24) is 16.0 Å². The molecule has 98 heavy (non-hydrogen) atoms. The van der Waals surface area contributed by atoms with Gasteiger partial charge in [-0.2, -0.15) is 0 Å². The van der Waals surface area contributed by atoms with E-state index in [1.165, 1.54) is 20.8 Å². The van der Waals surface area contributed by atoms with Crippen molar-refractivity contribution in [2.24, 2.45) is 35.5 Å². The summed E-state index contributed by atoms with van der Waals surface area (Å²) in [5.41, 5.74) is 0. The molecule has 40 heteroatoms. The number of hydrogen-bond donors (Lipinski definition) is 16. The van der Waals surface area contributed by atoms with E-state index in [9.17, 15) is 108 Å². The number of Topliss-reactive ketones (excluding diaryl/α,β-unsaturated/α-hetero) is 3. The van der Waals surface area contributed by atoms with Crippen LogP contribution in [0.3, 0.4) is 0 Å². The number of carbonyl (C=O) groups is 6. The van der Waals surface area contributed by atoms with E-state index < -0.39 is 238 Å². The first-order valence-corrected chi connectivity index (χ1v) is 37.3. The molecule has 0 radical (unpaired) electrons. The highest BCUT2D eigenvalue weighted by Crippen LogP contribution is 2.54. The molecule has 27 atom stereocenters. The highest BCUT2D eigenvalue weighted by atomic mass is 31.2. The number of rotatable bonds is 41. The lowest BCUT2D eigenvalue weighted by atomic mass is 9.90. The number of aliphatic hydroxyl groups is 10. The minimum Gasteiger partial charge on any atom is -0.394 e. The van der Waals surface area contributed by atoms with Crippen LogP contribution in [0, 0.1) is 35.5 Å². The third kappa shape index (κ3) is 24.9. The average molecular weight is 1480 g/mol. The SMILES string of the molecule is COP(=O)(O)OC[C@@H]1C[C@@H](OP(=O)(O)OC[C@@H]2C[C@@H](OP(=O)(O)OC[C@@H]3C[C@@H](O)CC3C(=O)CCCCO[C@@H]3OC(CO)[C@H](O)[C@H](O)C3NC(C)=O)CC2C(=O)CCCCO[C@@H]2OC(CO)[C@H](O)[C@H](O)C2NC(C)=O)CC1C(=O)CCCCO[C@@H]1OC(CO)[C@H](O)[C@H](O)C1NC(C)=O. The van der Waals surface area contributed by atoms with Gasteiger partial charge in [0.15, 0.2) is 18.9 Å². The van der Waals surface area contributed by atoms with Crippen LogP contribution in [-0.2, 0) is 98.0 Å². The Kier molecular flexibility index (Phi) is 33.7. The van der Waals surface area contributed by atoms with Crippen molar-refractivity contribution in [2.45, 2.75) is 227 Å². The molecule has 37 nitrogen and oxygen atoms in total. The molecule has 0 aromatic carbocycles. The average Bonchev–Trinajstić information content (AvgIpc) is 1.16. The van der Waals surface area contributed by atoms with Crippen LogP contribution in [0.15, 0.2) is 0 Å². The second-order valence-corrected chi connectivity index (χ2v) is 30.2. The minimum atomic E-state index is -5.14. The van der Waals surface area contributed by atoms with E-state index in [2.05, 4.69) is 20.5 Å². The molecular weight excluding hydrogens is 1380 g/mol. The summed E-state index contributed by atoms with van der Waals surface area (Å²) >= 11 is 0. The van der Waals surface area contributed by atoms with Gasteiger partial charge in [0.25, 0.3) is 0 Å². The van der Waals surface area contributed by atoms with Gasteiger partial charge in [-0.3, -0.25) is 55.9 Å². The predicted octanol–water partition coefficient (Wildman–Crippen LogP) is -2.71. The molecular formula is C58H100N3O34P3. The number of unbranched alkanes of at least 4 members (excludes halogenated alkanes) is 3. The van der Waals surface area contributed by atoms with Gasteiger partial charge in [0.2, 0.25) is 17.7 Å². The first-order chi connectivity index (χ1) is 46.2. The van der Waals surface area contributed by atoms with Gasteiger partial charge in [0.1, 0.15) is 90.4 Å². The highest BCUT2D eigenvalue weighted by Gasteiger charge is 2.51. The molecule has 6 rings (SSSR count). The molecule has 566 valence electrons. The fourth-order valence-corrected chi connectivity index (χ4v) is 15.9. The highest BCUT2D eigenvalue weighted by molar-refractivity contribution is 7.47. The van der Waals surface area contributed by atoms with E-state index in [1.54, 1.807) is 0 Å². The summed E-state index contributed by atoms with van der Waals surface area (Å²) in [5, 5.41) is 110. The van der Waals surface area contributed by atoms with Crippen LogP contribution in [0.2, 0.25) is 0 Å². The molecule has 3 heterocycles. The zero-order chi connectivity index (χ0) is 72.4. The number of ether oxygens (including phenoxy) is 6. The molecule has 16 N–H and O–H groups in total. The molecule has 3 saturated carbocycles. The third-order valence-electron chi connectivity index (χ3n) is 18.4. The lowest BCUT2D eigenvalue weighted by Crippen LogP contribution is -2.64. The number of amides is 3. The molecule has 3 aliphatic carbocycles. The zero-order valence-electron chi connectivity index (χ0n) is 55.1. The Hall–Kier alpha value is -2.89. The molecule has 3 saturated heterocycles. The van der Waals surface area contributed by atoms with Crippen molar-refractivity contribution in [3.8, 4) is 0 Å². The topological polar surface area (TPSA) is 563 Å². The number of ketones is 3. The summed E-state index contributed by atoms with van der Waals surface area (Å²) < 4.78 is 106. The minimum absolute atomic E-state index is 0.0168. The van der Waals surface area contributed by atoms with Gasteiger partial charge in [-0.05, 0) is 94.8 Å². The van der Waals surface area contributed by atoms with Gasteiger partial charge in [-0.1, -0.05) is 0 Å². The number of nitrogens with one attached hydrogen (secondary N) is 3. The zero-order valence-corrected chi connectivity index (χ0v) is 57.7. The van der Waals surface area contributed by atoms with Gasteiger partial charge in [0, 0.05) is 84.7 Å². The van der Waals surface area contributed by atoms with Gasteiger partial charge in [-0.15, -0.1) is 0 Å².